The monoisotopic (exact) mass is 289 g/mol. The van der Waals surface area contributed by atoms with Gasteiger partial charge in [0.2, 0.25) is 5.91 Å². The highest BCUT2D eigenvalue weighted by Crippen LogP contribution is 2.32. The smallest absolute Gasteiger partial charge is 0.305 e. The number of aliphatic carboxylic acids is 1. The van der Waals surface area contributed by atoms with E-state index in [4.69, 9.17) is 5.11 Å². The molecule has 1 saturated carbocycles. The molecule has 4 nitrogen and oxygen atoms in total. The summed E-state index contributed by atoms with van der Waals surface area (Å²) in [5.74, 6) is -0.851. The summed E-state index contributed by atoms with van der Waals surface area (Å²) in [4.78, 5) is 23.1. The summed E-state index contributed by atoms with van der Waals surface area (Å²) in [6, 6.07) is 10.1. The molecule has 1 fully saturated rings. The summed E-state index contributed by atoms with van der Waals surface area (Å²) in [6.07, 6.45) is 5.72. The average Bonchev–Trinajstić information content (AvgIpc) is 2.87. The summed E-state index contributed by atoms with van der Waals surface area (Å²) < 4.78 is 0. The Kier molecular flexibility index (Phi) is 5.37. The number of amides is 1. The van der Waals surface area contributed by atoms with Gasteiger partial charge in [-0.15, -0.1) is 0 Å². The van der Waals surface area contributed by atoms with Crippen LogP contribution in [0.1, 0.15) is 50.5 Å². The summed E-state index contributed by atoms with van der Waals surface area (Å²) in [7, 11) is 0. The first-order valence-electron chi connectivity index (χ1n) is 7.66. The Bertz CT molecular complexity index is 478. The molecular weight excluding hydrogens is 266 g/mol. The van der Waals surface area contributed by atoms with E-state index in [1.807, 2.05) is 18.2 Å². The van der Waals surface area contributed by atoms with E-state index in [-0.39, 0.29) is 12.3 Å². The molecule has 0 aliphatic heterocycles. The number of rotatable bonds is 7. The first-order chi connectivity index (χ1) is 10.1. The van der Waals surface area contributed by atoms with Gasteiger partial charge < -0.3 is 10.4 Å². The summed E-state index contributed by atoms with van der Waals surface area (Å²) in [5.41, 5.74) is 0.724. The molecule has 0 atom stereocenters. The second kappa shape index (κ2) is 7.25. The van der Waals surface area contributed by atoms with Crippen LogP contribution in [0.25, 0.3) is 0 Å². The molecule has 1 amide bonds. The number of aryl methyl sites for hydroxylation is 1. The molecule has 1 aromatic carbocycles. The molecule has 21 heavy (non-hydrogen) atoms. The maximum atomic E-state index is 12.1. The number of benzene rings is 1. The van der Waals surface area contributed by atoms with Gasteiger partial charge in [0.15, 0.2) is 0 Å². The molecule has 114 valence electrons. The summed E-state index contributed by atoms with van der Waals surface area (Å²) in [6.45, 7) is 0. The zero-order valence-electron chi connectivity index (χ0n) is 12.3. The van der Waals surface area contributed by atoms with Crippen LogP contribution in [-0.2, 0) is 16.0 Å². The maximum absolute atomic E-state index is 12.1. The Balaban J connectivity index is 1.78. The number of carboxylic acids is 1. The van der Waals surface area contributed by atoms with Gasteiger partial charge in [0.05, 0.1) is 12.0 Å². The molecule has 1 aliphatic rings. The quantitative estimate of drug-likeness (QED) is 0.811. The molecule has 4 heteroatoms. The lowest BCUT2D eigenvalue weighted by Crippen LogP contribution is -2.47. The van der Waals surface area contributed by atoms with Crippen molar-refractivity contribution in [2.24, 2.45) is 0 Å². The van der Waals surface area contributed by atoms with Crippen molar-refractivity contribution in [1.29, 1.82) is 0 Å². The van der Waals surface area contributed by atoms with Crippen LogP contribution in [-0.4, -0.2) is 22.5 Å². The largest absolute Gasteiger partial charge is 0.481 e. The number of hydrogen-bond acceptors (Lipinski definition) is 2. The van der Waals surface area contributed by atoms with Crippen molar-refractivity contribution >= 4 is 11.9 Å². The Morgan fingerprint density at radius 2 is 1.81 bits per heavy atom. The van der Waals surface area contributed by atoms with Gasteiger partial charge >= 0.3 is 5.97 Å². The second-order valence-corrected chi connectivity index (χ2v) is 5.95. The predicted octanol–water partition coefficient (Wildman–Crippen LogP) is 2.91. The van der Waals surface area contributed by atoms with Gasteiger partial charge in [0, 0.05) is 6.42 Å². The maximum Gasteiger partial charge on any atom is 0.305 e. The van der Waals surface area contributed by atoms with Crippen LogP contribution in [0.5, 0.6) is 0 Å². The van der Waals surface area contributed by atoms with Gasteiger partial charge in [-0.2, -0.15) is 0 Å². The SMILES string of the molecule is O=C(O)CC1(NC(=O)CCCc2ccccc2)CCCC1. The number of hydrogen-bond donors (Lipinski definition) is 2. The van der Waals surface area contributed by atoms with Crippen molar-refractivity contribution in [2.45, 2.75) is 56.9 Å². The van der Waals surface area contributed by atoms with E-state index in [0.717, 1.165) is 38.5 Å². The molecule has 0 bridgehead atoms. The molecular formula is C17H23NO3. The fraction of sp³-hybridized carbons (Fsp3) is 0.529. The van der Waals surface area contributed by atoms with Crippen LogP contribution >= 0.6 is 0 Å². The lowest BCUT2D eigenvalue weighted by molar-refractivity contribution is -0.139. The lowest BCUT2D eigenvalue weighted by atomic mass is 9.93. The predicted molar refractivity (Wildman–Crippen MR) is 81.0 cm³/mol. The molecule has 0 heterocycles. The van der Waals surface area contributed by atoms with E-state index < -0.39 is 11.5 Å². The molecule has 0 aromatic heterocycles. The Morgan fingerprint density at radius 1 is 1.14 bits per heavy atom. The summed E-state index contributed by atoms with van der Waals surface area (Å²) in [5, 5.41) is 12.0. The minimum Gasteiger partial charge on any atom is -0.481 e. The number of carbonyl (C=O) groups is 2. The van der Waals surface area contributed by atoms with Crippen LogP contribution in [0, 0.1) is 0 Å². The van der Waals surface area contributed by atoms with E-state index in [1.165, 1.54) is 5.56 Å². The zero-order valence-corrected chi connectivity index (χ0v) is 12.3. The zero-order chi connectivity index (χ0) is 15.1. The van der Waals surface area contributed by atoms with Crippen LogP contribution in [0.3, 0.4) is 0 Å². The third-order valence-electron chi connectivity index (χ3n) is 4.17. The number of carboxylic acid groups (broad SMARTS) is 1. The molecule has 0 unspecified atom stereocenters. The Labute approximate surface area is 125 Å². The first-order valence-corrected chi connectivity index (χ1v) is 7.66. The standard InChI is InChI=1S/C17H23NO3/c19-15(10-6-9-14-7-2-1-3-8-14)18-17(13-16(20)21)11-4-5-12-17/h1-3,7-8H,4-6,9-13H2,(H,18,19)(H,20,21). The minimum absolute atomic E-state index is 0.0194. The lowest BCUT2D eigenvalue weighted by Gasteiger charge is -2.28. The highest BCUT2D eigenvalue weighted by atomic mass is 16.4. The van der Waals surface area contributed by atoms with Gasteiger partial charge in [-0.1, -0.05) is 43.2 Å². The van der Waals surface area contributed by atoms with Crippen molar-refractivity contribution in [3.63, 3.8) is 0 Å². The van der Waals surface area contributed by atoms with E-state index >= 15 is 0 Å². The molecule has 0 radical (unpaired) electrons. The second-order valence-electron chi connectivity index (χ2n) is 5.95. The first kappa shape index (κ1) is 15.5. The summed E-state index contributed by atoms with van der Waals surface area (Å²) >= 11 is 0. The van der Waals surface area contributed by atoms with E-state index in [1.54, 1.807) is 0 Å². The topological polar surface area (TPSA) is 66.4 Å². The molecule has 1 aromatic rings. The molecule has 2 N–H and O–H groups in total. The van der Waals surface area contributed by atoms with E-state index in [0.29, 0.717) is 6.42 Å². The highest BCUT2D eigenvalue weighted by molar-refractivity contribution is 5.78. The van der Waals surface area contributed by atoms with E-state index in [2.05, 4.69) is 17.4 Å². The molecule has 1 aliphatic carbocycles. The fourth-order valence-corrected chi connectivity index (χ4v) is 3.14. The molecule has 2 rings (SSSR count). The average molecular weight is 289 g/mol. The van der Waals surface area contributed by atoms with Crippen LogP contribution in [0.4, 0.5) is 0 Å². The van der Waals surface area contributed by atoms with Crippen molar-refractivity contribution < 1.29 is 14.7 Å². The highest BCUT2D eigenvalue weighted by Gasteiger charge is 2.37. The normalized spacial score (nSPS) is 16.6. The Hall–Kier alpha value is -1.84. The van der Waals surface area contributed by atoms with Gasteiger partial charge in [0.1, 0.15) is 0 Å². The van der Waals surface area contributed by atoms with Crippen LogP contribution in [0.2, 0.25) is 0 Å². The molecule has 0 saturated heterocycles. The van der Waals surface area contributed by atoms with Crippen molar-refractivity contribution in [1.82, 2.24) is 5.32 Å². The number of nitrogens with one attached hydrogen (secondary N) is 1. The van der Waals surface area contributed by atoms with E-state index in [9.17, 15) is 9.59 Å². The molecule has 0 spiro atoms. The fourth-order valence-electron chi connectivity index (χ4n) is 3.14. The minimum atomic E-state index is -0.832. The van der Waals surface area contributed by atoms with Crippen LogP contribution in [0.15, 0.2) is 30.3 Å². The van der Waals surface area contributed by atoms with Crippen LogP contribution < -0.4 is 5.32 Å². The van der Waals surface area contributed by atoms with Gasteiger partial charge in [-0.25, -0.2) is 0 Å². The van der Waals surface area contributed by atoms with Crippen molar-refractivity contribution in [3.05, 3.63) is 35.9 Å². The van der Waals surface area contributed by atoms with Gasteiger partial charge in [0.25, 0.3) is 0 Å². The van der Waals surface area contributed by atoms with Crippen molar-refractivity contribution in [2.75, 3.05) is 0 Å². The third-order valence-corrected chi connectivity index (χ3v) is 4.17. The third kappa shape index (κ3) is 4.88. The van der Waals surface area contributed by atoms with Gasteiger partial charge in [-0.05, 0) is 31.2 Å². The van der Waals surface area contributed by atoms with Gasteiger partial charge in [-0.3, -0.25) is 9.59 Å². The number of carbonyl (C=O) groups excluding carboxylic acids is 1. The Morgan fingerprint density at radius 3 is 2.43 bits per heavy atom. The van der Waals surface area contributed by atoms with Crippen molar-refractivity contribution in [3.8, 4) is 0 Å².